The van der Waals surface area contributed by atoms with Gasteiger partial charge in [0.05, 0.1) is 23.9 Å². The number of hydrogen-bond donors (Lipinski definition) is 3. The summed E-state index contributed by atoms with van der Waals surface area (Å²) >= 11 is 5.77. The number of carbonyl (C=O) groups excluding carboxylic acids is 1. The summed E-state index contributed by atoms with van der Waals surface area (Å²) in [6.45, 7) is 0.691. The van der Waals surface area contributed by atoms with Crippen molar-refractivity contribution in [1.82, 2.24) is 4.90 Å². The van der Waals surface area contributed by atoms with Gasteiger partial charge in [0.1, 0.15) is 0 Å². The molecule has 5 nitrogen and oxygen atoms in total. The minimum Gasteiger partial charge on any atom is -0.397 e. The van der Waals surface area contributed by atoms with Crippen molar-refractivity contribution >= 4 is 28.9 Å². The standard InChI is InChI=1S/C11H16ClN3O2/c1-15(4-5-16)7-11(17)14-8-2-3-9(12)10(13)6-8/h2-3,6,16H,4-5,7,13H2,1H3,(H,14,17). The normalized spacial score (nSPS) is 10.6. The van der Waals surface area contributed by atoms with Gasteiger partial charge in [0.15, 0.2) is 0 Å². The van der Waals surface area contributed by atoms with Crippen LogP contribution in [0.3, 0.4) is 0 Å². The van der Waals surface area contributed by atoms with Gasteiger partial charge in [0.2, 0.25) is 5.91 Å². The third-order valence-electron chi connectivity index (χ3n) is 2.18. The topological polar surface area (TPSA) is 78.6 Å². The highest BCUT2D eigenvalue weighted by atomic mass is 35.5. The molecule has 17 heavy (non-hydrogen) atoms. The molecule has 1 amide bonds. The molecule has 0 spiro atoms. The van der Waals surface area contributed by atoms with E-state index in [1.165, 1.54) is 0 Å². The maximum Gasteiger partial charge on any atom is 0.238 e. The number of nitrogens with one attached hydrogen (secondary N) is 1. The largest absolute Gasteiger partial charge is 0.397 e. The summed E-state index contributed by atoms with van der Waals surface area (Å²) in [5, 5.41) is 11.9. The highest BCUT2D eigenvalue weighted by molar-refractivity contribution is 6.33. The summed E-state index contributed by atoms with van der Waals surface area (Å²) in [5.74, 6) is -0.164. The van der Waals surface area contributed by atoms with Crippen LogP contribution in [0, 0.1) is 0 Å². The van der Waals surface area contributed by atoms with Crippen LogP contribution in [0.4, 0.5) is 11.4 Å². The average Bonchev–Trinajstić information content (AvgIpc) is 2.23. The molecule has 0 aliphatic heterocycles. The number of carbonyl (C=O) groups is 1. The van der Waals surface area contributed by atoms with E-state index >= 15 is 0 Å². The highest BCUT2D eigenvalue weighted by Gasteiger charge is 2.07. The monoisotopic (exact) mass is 257 g/mol. The van der Waals surface area contributed by atoms with Gasteiger partial charge in [0, 0.05) is 12.2 Å². The number of halogens is 1. The maximum atomic E-state index is 11.6. The number of nitrogens with two attached hydrogens (primary N) is 1. The molecule has 94 valence electrons. The van der Waals surface area contributed by atoms with Crippen LogP contribution in [0.5, 0.6) is 0 Å². The number of hydrogen-bond acceptors (Lipinski definition) is 4. The van der Waals surface area contributed by atoms with E-state index in [0.717, 1.165) is 0 Å². The Balaban J connectivity index is 2.53. The minimum atomic E-state index is -0.164. The van der Waals surface area contributed by atoms with Crippen LogP contribution in [0.2, 0.25) is 5.02 Å². The summed E-state index contributed by atoms with van der Waals surface area (Å²) in [7, 11) is 1.76. The van der Waals surface area contributed by atoms with Crippen molar-refractivity contribution in [2.24, 2.45) is 0 Å². The molecule has 0 aliphatic rings. The van der Waals surface area contributed by atoms with Crippen LogP contribution in [-0.4, -0.2) is 42.7 Å². The zero-order valence-electron chi connectivity index (χ0n) is 9.61. The van der Waals surface area contributed by atoms with Crippen LogP contribution in [-0.2, 0) is 4.79 Å². The second-order valence-electron chi connectivity index (χ2n) is 3.75. The van der Waals surface area contributed by atoms with Gasteiger partial charge >= 0.3 is 0 Å². The predicted molar refractivity (Wildman–Crippen MR) is 69.1 cm³/mol. The maximum absolute atomic E-state index is 11.6. The fourth-order valence-electron chi connectivity index (χ4n) is 1.32. The Morgan fingerprint density at radius 2 is 2.29 bits per heavy atom. The first-order valence-electron chi connectivity index (χ1n) is 5.17. The minimum absolute atomic E-state index is 0.0255. The summed E-state index contributed by atoms with van der Waals surface area (Å²) in [6.07, 6.45) is 0. The Morgan fingerprint density at radius 1 is 1.59 bits per heavy atom. The van der Waals surface area contributed by atoms with Crippen LogP contribution in [0.1, 0.15) is 0 Å². The van der Waals surface area contributed by atoms with Crippen LogP contribution in [0.15, 0.2) is 18.2 Å². The lowest BCUT2D eigenvalue weighted by atomic mass is 10.3. The van der Waals surface area contributed by atoms with Crippen molar-refractivity contribution in [3.8, 4) is 0 Å². The second-order valence-corrected chi connectivity index (χ2v) is 4.15. The van der Waals surface area contributed by atoms with E-state index in [2.05, 4.69) is 5.32 Å². The highest BCUT2D eigenvalue weighted by Crippen LogP contribution is 2.22. The molecule has 0 saturated heterocycles. The zero-order valence-corrected chi connectivity index (χ0v) is 10.4. The van der Waals surface area contributed by atoms with Crippen molar-refractivity contribution < 1.29 is 9.90 Å². The van der Waals surface area contributed by atoms with Crippen LogP contribution in [0.25, 0.3) is 0 Å². The van der Waals surface area contributed by atoms with E-state index in [1.807, 2.05) is 0 Å². The van der Waals surface area contributed by atoms with Gasteiger partial charge < -0.3 is 16.2 Å². The van der Waals surface area contributed by atoms with Crippen molar-refractivity contribution in [2.75, 3.05) is 37.8 Å². The number of rotatable bonds is 5. The Hall–Kier alpha value is -1.30. The molecule has 0 aromatic heterocycles. The van der Waals surface area contributed by atoms with Gasteiger partial charge in [-0.2, -0.15) is 0 Å². The number of anilines is 2. The molecule has 4 N–H and O–H groups in total. The van der Waals surface area contributed by atoms with Gasteiger partial charge in [-0.25, -0.2) is 0 Å². The van der Waals surface area contributed by atoms with E-state index in [9.17, 15) is 4.79 Å². The fourth-order valence-corrected chi connectivity index (χ4v) is 1.43. The first-order valence-corrected chi connectivity index (χ1v) is 5.55. The SMILES string of the molecule is CN(CCO)CC(=O)Nc1ccc(Cl)c(N)c1. The Bertz CT molecular complexity index is 398. The number of aliphatic hydroxyl groups excluding tert-OH is 1. The van der Waals surface area contributed by atoms with Crippen molar-refractivity contribution in [3.05, 3.63) is 23.2 Å². The van der Waals surface area contributed by atoms with Gasteiger partial charge in [-0.05, 0) is 25.2 Å². The van der Waals surface area contributed by atoms with E-state index < -0.39 is 0 Å². The Morgan fingerprint density at radius 3 is 2.88 bits per heavy atom. The quantitative estimate of drug-likeness (QED) is 0.682. The molecule has 0 bridgehead atoms. The number of nitrogen functional groups attached to an aromatic ring is 1. The van der Waals surface area contributed by atoms with E-state index in [4.69, 9.17) is 22.4 Å². The Labute approximate surface area is 105 Å². The summed E-state index contributed by atoms with van der Waals surface area (Å²) in [6, 6.07) is 4.92. The molecule has 0 unspecified atom stereocenters. The van der Waals surface area contributed by atoms with E-state index in [1.54, 1.807) is 30.1 Å². The first-order chi connectivity index (χ1) is 8.02. The van der Waals surface area contributed by atoms with Crippen molar-refractivity contribution in [3.63, 3.8) is 0 Å². The molecule has 0 heterocycles. The molecule has 0 fully saturated rings. The number of likely N-dealkylation sites (N-methyl/N-ethyl adjacent to an activating group) is 1. The lowest BCUT2D eigenvalue weighted by molar-refractivity contribution is -0.117. The van der Waals surface area contributed by atoms with Gasteiger partial charge in [-0.15, -0.1) is 0 Å². The first kappa shape index (κ1) is 13.8. The number of benzene rings is 1. The third kappa shape index (κ3) is 4.60. The lowest BCUT2D eigenvalue weighted by Crippen LogP contribution is -2.32. The molecular formula is C11H16ClN3O2. The molecule has 1 aromatic carbocycles. The molecule has 0 aliphatic carbocycles. The molecule has 0 atom stereocenters. The van der Waals surface area contributed by atoms with Gasteiger partial charge in [-0.1, -0.05) is 11.6 Å². The Kier molecular flexibility index (Phi) is 5.21. The molecule has 6 heteroatoms. The average molecular weight is 258 g/mol. The second kappa shape index (κ2) is 6.44. The molecule has 1 rings (SSSR count). The van der Waals surface area contributed by atoms with Gasteiger partial charge in [0.25, 0.3) is 0 Å². The molecular weight excluding hydrogens is 242 g/mol. The third-order valence-corrected chi connectivity index (χ3v) is 2.52. The van der Waals surface area contributed by atoms with Crippen molar-refractivity contribution in [1.29, 1.82) is 0 Å². The summed E-state index contributed by atoms with van der Waals surface area (Å²) < 4.78 is 0. The summed E-state index contributed by atoms with van der Waals surface area (Å²) in [4.78, 5) is 13.3. The number of aliphatic hydroxyl groups is 1. The molecule has 0 saturated carbocycles. The zero-order chi connectivity index (χ0) is 12.8. The lowest BCUT2D eigenvalue weighted by Gasteiger charge is -2.14. The van der Waals surface area contributed by atoms with E-state index in [0.29, 0.717) is 22.9 Å². The van der Waals surface area contributed by atoms with Crippen LogP contribution >= 0.6 is 11.6 Å². The van der Waals surface area contributed by atoms with Crippen molar-refractivity contribution in [2.45, 2.75) is 0 Å². The fraction of sp³-hybridized carbons (Fsp3) is 0.364. The number of nitrogens with zero attached hydrogens (tertiary/aromatic N) is 1. The predicted octanol–water partition coefficient (Wildman–Crippen LogP) is 0.785. The molecule has 0 radical (unpaired) electrons. The van der Waals surface area contributed by atoms with Gasteiger partial charge in [-0.3, -0.25) is 9.69 Å². The summed E-state index contributed by atoms with van der Waals surface area (Å²) in [5.41, 5.74) is 6.65. The number of amides is 1. The van der Waals surface area contributed by atoms with Crippen LogP contribution < -0.4 is 11.1 Å². The molecule has 1 aromatic rings. The smallest absolute Gasteiger partial charge is 0.238 e. The van der Waals surface area contributed by atoms with E-state index in [-0.39, 0.29) is 19.1 Å².